The lowest BCUT2D eigenvalue weighted by atomic mass is 10.1. The predicted molar refractivity (Wildman–Crippen MR) is 113 cm³/mol. The van der Waals surface area contributed by atoms with Crippen molar-refractivity contribution in [3.63, 3.8) is 0 Å². The Morgan fingerprint density at radius 3 is 2.41 bits per heavy atom. The molecule has 0 saturated carbocycles. The molecule has 0 aromatic heterocycles. The van der Waals surface area contributed by atoms with Crippen molar-refractivity contribution in [2.45, 2.75) is 6.61 Å². The lowest BCUT2D eigenvalue weighted by Gasteiger charge is -2.09. The highest BCUT2D eigenvalue weighted by Gasteiger charge is 2.17. The third kappa shape index (κ3) is 5.91. The first-order chi connectivity index (χ1) is 15.4. The summed E-state index contributed by atoms with van der Waals surface area (Å²) in [6, 6.07) is 16.3. The summed E-state index contributed by atoms with van der Waals surface area (Å²) in [4.78, 5) is 23.7. The highest BCUT2D eigenvalue weighted by Crippen LogP contribution is 2.18. The van der Waals surface area contributed by atoms with Gasteiger partial charge >= 0.3 is 5.97 Å². The fraction of sp³-hybridized carbons (Fsp3) is 0.0833. The highest BCUT2D eigenvalue weighted by molar-refractivity contribution is 6.02. The van der Waals surface area contributed by atoms with Gasteiger partial charge in [-0.3, -0.25) is 4.79 Å². The van der Waals surface area contributed by atoms with Crippen molar-refractivity contribution in [1.82, 2.24) is 5.32 Å². The summed E-state index contributed by atoms with van der Waals surface area (Å²) in [7, 11) is 1.58. The number of carbonyl (C=O) groups excluding carboxylic acids is 1. The zero-order valence-electron chi connectivity index (χ0n) is 17.0. The lowest BCUT2D eigenvalue weighted by Crippen LogP contribution is -2.28. The maximum Gasteiger partial charge on any atom is 0.352 e. The Kier molecular flexibility index (Phi) is 7.17. The summed E-state index contributed by atoms with van der Waals surface area (Å²) < 4.78 is 37.7. The molecule has 0 aliphatic heterocycles. The SMILES string of the molecule is COc1cccc(COc2ccc(C=C(NC(=O)c3ccc(F)cc3F)C(=O)O)cc2)c1. The number of amides is 1. The van der Waals surface area contributed by atoms with Gasteiger partial charge in [-0.25, -0.2) is 13.6 Å². The predicted octanol–water partition coefficient (Wildman–Crippen LogP) is 4.41. The molecule has 0 spiro atoms. The number of methoxy groups -OCH3 is 1. The molecule has 0 fully saturated rings. The zero-order chi connectivity index (χ0) is 23.1. The minimum atomic E-state index is -1.42. The van der Waals surface area contributed by atoms with E-state index in [0.29, 0.717) is 24.0 Å². The van der Waals surface area contributed by atoms with E-state index in [-0.39, 0.29) is 0 Å². The summed E-state index contributed by atoms with van der Waals surface area (Å²) in [6.07, 6.45) is 1.22. The first-order valence-corrected chi connectivity index (χ1v) is 9.43. The number of carboxylic acids is 1. The number of hydrogen-bond acceptors (Lipinski definition) is 4. The molecule has 3 aromatic rings. The molecule has 32 heavy (non-hydrogen) atoms. The fourth-order valence-corrected chi connectivity index (χ4v) is 2.77. The molecule has 0 aliphatic carbocycles. The second-order valence-electron chi connectivity index (χ2n) is 6.65. The molecule has 2 N–H and O–H groups in total. The summed E-state index contributed by atoms with van der Waals surface area (Å²) in [5.74, 6) is -3.09. The average molecular weight is 439 g/mol. The van der Waals surface area contributed by atoms with Crippen LogP contribution in [0.1, 0.15) is 21.5 Å². The molecule has 0 radical (unpaired) electrons. The van der Waals surface area contributed by atoms with Gasteiger partial charge in [0.1, 0.15) is 35.4 Å². The average Bonchev–Trinajstić information content (AvgIpc) is 2.78. The molecule has 164 valence electrons. The van der Waals surface area contributed by atoms with Gasteiger partial charge in [0.05, 0.1) is 12.7 Å². The van der Waals surface area contributed by atoms with Gasteiger partial charge in [-0.15, -0.1) is 0 Å². The minimum absolute atomic E-state index is 0.312. The van der Waals surface area contributed by atoms with Crippen LogP contribution >= 0.6 is 0 Å². The maximum atomic E-state index is 13.8. The highest BCUT2D eigenvalue weighted by atomic mass is 19.1. The van der Waals surface area contributed by atoms with Crippen molar-refractivity contribution < 1.29 is 33.0 Å². The van der Waals surface area contributed by atoms with Crippen LogP contribution in [0.5, 0.6) is 11.5 Å². The van der Waals surface area contributed by atoms with Gasteiger partial charge in [-0.05, 0) is 53.6 Å². The Hall–Kier alpha value is -4.20. The Bertz CT molecular complexity index is 1160. The van der Waals surface area contributed by atoms with Crippen LogP contribution in [0.3, 0.4) is 0 Å². The number of rotatable bonds is 8. The smallest absolute Gasteiger partial charge is 0.352 e. The van der Waals surface area contributed by atoms with Crippen molar-refractivity contribution >= 4 is 18.0 Å². The van der Waals surface area contributed by atoms with E-state index in [1.165, 1.54) is 6.08 Å². The van der Waals surface area contributed by atoms with Gasteiger partial charge in [-0.1, -0.05) is 24.3 Å². The molecular weight excluding hydrogens is 420 g/mol. The van der Waals surface area contributed by atoms with Gasteiger partial charge in [0.25, 0.3) is 5.91 Å². The number of benzene rings is 3. The van der Waals surface area contributed by atoms with Crippen LogP contribution in [-0.2, 0) is 11.4 Å². The van der Waals surface area contributed by atoms with Crippen molar-refractivity contribution in [2.75, 3.05) is 7.11 Å². The lowest BCUT2D eigenvalue weighted by molar-refractivity contribution is -0.132. The van der Waals surface area contributed by atoms with Crippen LogP contribution < -0.4 is 14.8 Å². The van der Waals surface area contributed by atoms with Crippen molar-refractivity contribution in [3.05, 3.63) is 101 Å². The monoisotopic (exact) mass is 439 g/mol. The first-order valence-electron chi connectivity index (χ1n) is 9.43. The van der Waals surface area contributed by atoms with Crippen LogP contribution in [-0.4, -0.2) is 24.1 Å². The van der Waals surface area contributed by atoms with E-state index in [2.05, 4.69) is 5.32 Å². The number of carbonyl (C=O) groups is 2. The molecule has 0 aliphatic rings. The summed E-state index contributed by atoms with van der Waals surface area (Å²) in [6.45, 7) is 0.312. The first kappa shape index (κ1) is 22.5. The van der Waals surface area contributed by atoms with Gasteiger partial charge in [0.15, 0.2) is 0 Å². The molecular formula is C24H19F2NO5. The third-order valence-corrected chi connectivity index (χ3v) is 4.39. The van der Waals surface area contributed by atoms with E-state index in [9.17, 15) is 23.5 Å². The number of halogens is 2. The summed E-state index contributed by atoms with van der Waals surface area (Å²) >= 11 is 0. The van der Waals surface area contributed by atoms with Gasteiger partial charge in [0.2, 0.25) is 0 Å². The van der Waals surface area contributed by atoms with E-state index in [1.54, 1.807) is 31.4 Å². The molecule has 8 heteroatoms. The van der Waals surface area contributed by atoms with Crippen LogP contribution in [0.15, 0.2) is 72.4 Å². The number of carboxylic acid groups (broad SMARTS) is 1. The zero-order valence-corrected chi connectivity index (χ0v) is 17.0. The molecule has 0 bridgehead atoms. The Morgan fingerprint density at radius 2 is 1.75 bits per heavy atom. The standard InChI is InChI=1S/C24H19F2NO5/c1-31-19-4-2-3-16(11-19)14-32-18-8-5-15(6-9-18)12-22(24(29)30)27-23(28)20-10-7-17(25)13-21(20)26/h2-13H,14H2,1H3,(H,27,28)(H,29,30). The number of hydrogen-bond donors (Lipinski definition) is 2. The van der Waals surface area contributed by atoms with Crippen LogP contribution in [0.2, 0.25) is 0 Å². The van der Waals surface area contributed by atoms with Gasteiger partial charge in [-0.2, -0.15) is 0 Å². The van der Waals surface area contributed by atoms with Crippen LogP contribution in [0.25, 0.3) is 6.08 Å². The van der Waals surface area contributed by atoms with Gasteiger partial charge in [0, 0.05) is 6.07 Å². The molecule has 1 amide bonds. The molecule has 6 nitrogen and oxygen atoms in total. The Balaban J connectivity index is 1.69. The van der Waals surface area contributed by atoms with Crippen molar-refractivity contribution in [1.29, 1.82) is 0 Å². The quantitative estimate of drug-likeness (QED) is 0.508. The van der Waals surface area contributed by atoms with E-state index in [4.69, 9.17) is 9.47 Å². The van der Waals surface area contributed by atoms with Crippen molar-refractivity contribution in [2.24, 2.45) is 0 Å². The molecule has 3 aromatic carbocycles. The van der Waals surface area contributed by atoms with Crippen molar-refractivity contribution in [3.8, 4) is 11.5 Å². The maximum absolute atomic E-state index is 13.8. The molecule has 3 rings (SSSR count). The van der Waals surface area contributed by atoms with Crippen LogP contribution in [0.4, 0.5) is 8.78 Å². The molecule has 0 heterocycles. The number of nitrogens with one attached hydrogen (secondary N) is 1. The third-order valence-electron chi connectivity index (χ3n) is 4.39. The number of aliphatic carboxylic acids is 1. The summed E-state index contributed by atoms with van der Waals surface area (Å²) in [5, 5.41) is 11.5. The topological polar surface area (TPSA) is 84.9 Å². The Labute approximate surface area is 182 Å². The second kappa shape index (κ2) is 10.2. The van der Waals surface area contributed by atoms with E-state index in [0.717, 1.165) is 23.4 Å². The minimum Gasteiger partial charge on any atom is -0.497 e. The molecule has 0 saturated heterocycles. The van der Waals surface area contributed by atoms with E-state index < -0.39 is 34.8 Å². The fourth-order valence-electron chi connectivity index (χ4n) is 2.77. The molecule has 0 unspecified atom stereocenters. The number of ether oxygens (including phenoxy) is 2. The second-order valence-corrected chi connectivity index (χ2v) is 6.65. The normalized spacial score (nSPS) is 11.0. The Morgan fingerprint density at radius 1 is 1.00 bits per heavy atom. The van der Waals surface area contributed by atoms with Gasteiger partial charge < -0.3 is 19.9 Å². The van der Waals surface area contributed by atoms with E-state index in [1.807, 2.05) is 24.3 Å². The van der Waals surface area contributed by atoms with Crippen LogP contribution in [0, 0.1) is 11.6 Å². The summed E-state index contributed by atoms with van der Waals surface area (Å²) in [5.41, 5.74) is 0.442. The largest absolute Gasteiger partial charge is 0.497 e. The molecule has 0 atom stereocenters. The van der Waals surface area contributed by atoms with E-state index >= 15 is 0 Å².